The van der Waals surface area contributed by atoms with Crippen LogP contribution >= 0.6 is 11.6 Å². The van der Waals surface area contributed by atoms with Crippen LogP contribution in [0, 0.1) is 6.92 Å². The lowest BCUT2D eigenvalue weighted by Gasteiger charge is -2.18. The summed E-state index contributed by atoms with van der Waals surface area (Å²) < 4.78 is 2.01. The number of imidazole rings is 1. The van der Waals surface area contributed by atoms with E-state index in [4.69, 9.17) is 43.0 Å². The van der Waals surface area contributed by atoms with Gasteiger partial charge < -0.3 is 9.88 Å². The average Bonchev–Trinajstić information content (AvgIpc) is 3.09. The molecular formula is C21H13B4ClN4O. The molecular weight excluding hydrogens is 403 g/mol. The number of pyridine rings is 1. The molecule has 4 aromatic rings. The number of nitrogens with one attached hydrogen (secondary N) is 1. The molecule has 1 amide bonds. The van der Waals surface area contributed by atoms with Crippen molar-refractivity contribution >= 4 is 87.3 Å². The van der Waals surface area contributed by atoms with E-state index in [1.807, 2.05) is 42.9 Å². The van der Waals surface area contributed by atoms with Crippen molar-refractivity contribution in [2.45, 2.75) is 6.92 Å². The predicted molar refractivity (Wildman–Crippen MR) is 130 cm³/mol. The molecule has 142 valence electrons. The number of hydrogen-bond donors (Lipinski definition) is 1. The lowest BCUT2D eigenvalue weighted by molar-refractivity contribution is 0.102. The number of benzene rings is 2. The minimum Gasteiger partial charge on any atom is -0.331 e. The van der Waals surface area contributed by atoms with Crippen LogP contribution in [0.5, 0.6) is 0 Å². The Morgan fingerprint density at radius 2 is 1.65 bits per heavy atom. The number of fused-ring (bicyclic) bond motifs is 1. The number of carbonyl (C=O) groups excluding carboxylic acids is 1. The fourth-order valence-electron chi connectivity index (χ4n) is 3.36. The maximum absolute atomic E-state index is 12.9. The van der Waals surface area contributed by atoms with E-state index in [-0.39, 0.29) is 32.4 Å². The lowest BCUT2D eigenvalue weighted by atomic mass is 9.67. The van der Waals surface area contributed by atoms with Crippen LogP contribution in [-0.2, 0) is 7.05 Å². The minimum absolute atomic E-state index is 0.00102. The van der Waals surface area contributed by atoms with Gasteiger partial charge in [0.1, 0.15) is 43.0 Å². The first-order chi connectivity index (χ1) is 14.7. The molecule has 4 rings (SSSR count). The van der Waals surface area contributed by atoms with Crippen LogP contribution in [-0.4, -0.2) is 51.8 Å². The molecule has 2 aromatic carbocycles. The molecule has 0 fully saturated rings. The molecule has 5 nitrogen and oxygen atoms in total. The quantitative estimate of drug-likeness (QED) is 0.480. The van der Waals surface area contributed by atoms with Crippen LogP contribution in [0.3, 0.4) is 0 Å². The smallest absolute Gasteiger partial charge is 0.255 e. The highest BCUT2D eigenvalue weighted by molar-refractivity contribution is 6.65. The van der Waals surface area contributed by atoms with E-state index in [0.29, 0.717) is 5.82 Å². The van der Waals surface area contributed by atoms with Gasteiger partial charge >= 0.3 is 0 Å². The first-order valence-corrected chi connectivity index (χ1v) is 9.68. The first kappa shape index (κ1) is 21.3. The Morgan fingerprint density at radius 1 is 0.968 bits per heavy atom. The van der Waals surface area contributed by atoms with Gasteiger partial charge in [-0.2, -0.15) is 0 Å². The largest absolute Gasteiger partial charge is 0.331 e. The number of anilines is 1. The summed E-state index contributed by atoms with van der Waals surface area (Å²) in [5.74, 6) is 0.645. The molecule has 0 aliphatic rings. The fourth-order valence-corrected chi connectivity index (χ4v) is 3.56. The first-order valence-electron chi connectivity index (χ1n) is 9.30. The van der Waals surface area contributed by atoms with Gasteiger partial charge in [-0.05, 0) is 24.4 Å². The maximum atomic E-state index is 12.9. The molecule has 8 radical (unpaired) electrons. The highest BCUT2D eigenvalue weighted by Gasteiger charge is 2.18. The SMILES string of the molecule is [B]c1c([B])c(C(=O)Nc2cc3cc(-c4cnc(C)n4C)ccc3cn2)c([B])c([B])c1Cl. The van der Waals surface area contributed by atoms with E-state index in [1.54, 1.807) is 12.3 Å². The van der Waals surface area contributed by atoms with Crippen molar-refractivity contribution in [2.24, 2.45) is 7.05 Å². The monoisotopic (exact) mass is 416 g/mol. The molecule has 0 aliphatic carbocycles. The molecule has 1 N–H and O–H groups in total. The zero-order chi connectivity index (χ0) is 22.4. The van der Waals surface area contributed by atoms with Crippen molar-refractivity contribution in [1.82, 2.24) is 14.5 Å². The van der Waals surface area contributed by atoms with Crippen molar-refractivity contribution < 1.29 is 4.79 Å². The number of aryl methyl sites for hydroxylation is 1. The molecule has 2 heterocycles. The van der Waals surface area contributed by atoms with Crippen LogP contribution in [0.2, 0.25) is 5.02 Å². The van der Waals surface area contributed by atoms with Crippen molar-refractivity contribution in [3.63, 3.8) is 0 Å². The van der Waals surface area contributed by atoms with E-state index in [1.165, 1.54) is 0 Å². The van der Waals surface area contributed by atoms with Gasteiger partial charge in [-0.25, -0.2) is 9.97 Å². The standard InChI is InChI=1S/C21H13B4ClN4O/c1-9-27-8-13(30(9)2)10-3-4-11-7-28-14(6-12(11)5-10)29-21(31)15-16(22)18(24)20(26)19(25)17(15)23/h3-8H,1-2H3,(H,28,29,31). The van der Waals surface area contributed by atoms with Crippen LogP contribution in [0.1, 0.15) is 16.2 Å². The van der Waals surface area contributed by atoms with Gasteiger partial charge in [0.2, 0.25) is 0 Å². The summed E-state index contributed by atoms with van der Waals surface area (Å²) in [6, 6.07) is 7.72. The molecule has 0 saturated heterocycles. The number of aromatic nitrogens is 3. The van der Waals surface area contributed by atoms with Crippen LogP contribution in [0.4, 0.5) is 5.82 Å². The highest BCUT2D eigenvalue weighted by atomic mass is 35.5. The molecule has 0 atom stereocenters. The van der Waals surface area contributed by atoms with Crippen molar-refractivity contribution in [3.05, 3.63) is 53.1 Å². The highest BCUT2D eigenvalue weighted by Crippen LogP contribution is 2.25. The molecule has 10 heteroatoms. The summed E-state index contributed by atoms with van der Waals surface area (Å²) >= 11 is 6.01. The summed E-state index contributed by atoms with van der Waals surface area (Å²) in [5.41, 5.74) is 1.86. The second-order valence-electron chi connectivity index (χ2n) is 7.18. The number of rotatable bonds is 3. The van der Waals surface area contributed by atoms with Gasteiger partial charge in [0.05, 0.1) is 11.9 Å². The Morgan fingerprint density at radius 3 is 2.26 bits per heavy atom. The third kappa shape index (κ3) is 3.67. The summed E-state index contributed by atoms with van der Waals surface area (Å²) in [6.07, 6.45) is 3.49. The molecule has 0 aliphatic heterocycles. The Kier molecular flexibility index (Phi) is 5.48. The molecule has 0 unspecified atom stereocenters. The van der Waals surface area contributed by atoms with Crippen molar-refractivity contribution in [1.29, 1.82) is 0 Å². The van der Waals surface area contributed by atoms with E-state index in [0.717, 1.165) is 27.9 Å². The zero-order valence-corrected chi connectivity index (χ0v) is 17.7. The Labute approximate surface area is 190 Å². The average molecular weight is 416 g/mol. The fraction of sp³-hybridized carbons (Fsp3) is 0.0952. The van der Waals surface area contributed by atoms with Gasteiger partial charge in [0.15, 0.2) is 0 Å². The molecule has 0 saturated carbocycles. The summed E-state index contributed by atoms with van der Waals surface area (Å²) in [7, 11) is 25.6. The van der Waals surface area contributed by atoms with Gasteiger partial charge in [0.25, 0.3) is 5.91 Å². The van der Waals surface area contributed by atoms with E-state index < -0.39 is 5.91 Å². The van der Waals surface area contributed by atoms with Crippen LogP contribution in [0.25, 0.3) is 22.0 Å². The minimum atomic E-state index is -0.588. The summed E-state index contributed by atoms with van der Waals surface area (Å²) in [6.45, 7) is 1.94. The van der Waals surface area contributed by atoms with Crippen LogP contribution in [0.15, 0.2) is 36.7 Å². The van der Waals surface area contributed by atoms with Crippen LogP contribution < -0.4 is 27.2 Å². The van der Waals surface area contributed by atoms with Gasteiger partial charge in [-0.15, -0.1) is 0 Å². The second kappa shape index (κ2) is 7.97. The predicted octanol–water partition coefficient (Wildman–Crippen LogP) is 0.0246. The number of carbonyl (C=O) groups is 1. The van der Waals surface area contributed by atoms with Gasteiger partial charge in [0, 0.05) is 34.8 Å². The lowest BCUT2D eigenvalue weighted by Crippen LogP contribution is -2.47. The Bertz CT molecular complexity index is 1340. The second-order valence-corrected chi connectivity index (χ2v) is 7.56. The van der Waals surface area contributed by atoms with Gasteiger partial charge in [-0.1, -0.05) is 45.6 Å². The summed E-state index contributed by atoms with van der Waals surface area (Å²) in [5, 5.41) is 4.52. The van der Waals surface area contributed by atoms with E-state index >= 15 is 0 Å². The molecule has 0 bridgehead atoms. The maximum Gasteiger partial charge on any atom is 0.255 e. The van der Waals surface area contributed by atoms with E-state index in [9.17, 15) is 4.79 Å². The number of hydrogen-bond acceptors (Lipinski definition) is 3. The topological polar surface area (TPSA) is 59.8 Å². The Hall–Kier alpha value is -2.92. The molecule has 31 heavy (non-hydrogen) atoms. The number of amides is 1. The van der Waals surface area contributed by atoms with E-state index in [2.05, 4.69) is 15.3 Å². The number of halogens is 1. The number of nitrogens with zero attached hydrogens (tertiary/aromatic N) is 3. The summed E-state index contributed by atoms with van der Waals surface area (Å²) in [4.78, 5) is 21.5. The third-order valence-electron chi connectivity index (χ3n) is 5.30. The molecule has 2 aromatic heterocycles. The third-order valence-corrected chi connectivity index (χ3v) is 5.71. The zero-order valence-electron chi connectivity index (χ0n) is 16.9. The van der Waals surface area contributed by atoms with Crippen molar-refractivity contribution in [3.8, 4) is 11.3 Å². The molecule has 0 spiro atoms. The Balaban J connectivity index is 1.71. The normalized spacial score (nSPS) is 11.1. The van der Waals surface area contributed by atoms with Crippen molar-refractivity contribution in [2.75, 3.05) is 5.32 Å². The van der Waals surface area contributed by atoms with Gasteiger partial charge in [-0.3, -0.25) is 4.79 Å².